The van der Waals surface area contributed by atoms with Crippen LogP contribution < -0.4 is 0 Å². The van der Waals surface area contributed by atoms with Crippen molar-refractivity contribution in [2.45, 2.75) is 18.6 Å². The Balaban J connectivity index is 1.80. The molecule has 0 saturated carbocycles. The summed E-state index contributed by atoms with van der Waals surface area (Å²) >= 11 is 0. The molecule has 148 valence electrons. The number of hydrogen-bond donors (Lipinski definition) is 2. The van der Waals surface area contributed by atoms with Gasteiger partial charge in [-0.2, -0.15) is 0 Å². The van der Waals surface area contributed by atoms with E-state index < -0.39 is 24.3 Å². The molecular formula is C21H24N2O5. The Bertz CT molecular complexity index is 744. The quantitative estimate of drug-likeness (QED) is 0.827. The molecular weight excluding hydrogens is 360 g/mol. The van der Waals surface area contributed by atoms with Gasteiger partial charge in [0.1, 0.15) is 0 Å². The van der Waals surface area contributed by atoms with Gasteiger partial charge in [0.2, 0.25) is 0 Å². The van der Waals surface area contributed by atoms with Crippen molar-refractivity contribution in [3.63, 3.8) is 0 Å². The molecule has 1 unspecified atom stereocenters. The van der Waals surface area contributed by atoms with Crippen LogP contribution in [-0.2, 0) is 4.74 Å². The molecule has 7 heteroatoms. The van der Waals surface area contributed by atoms with Crippen molar-refractivity contribution in [2.75, 3.05) is 26.2 Å². The van der Waals surface area contributed by atoms with Gasteiger partial charge >= 0.3 is 12.2 Å². The fourth-order valence-corrected chi connectivity index (χ4v) is 3.42. The van der Waals surface area contributed by atoms with Crippen LogP contribution in [0.4, 0.5) is 9.59 Å². The van der Waals surface area contributed by atoms with Gasteiger partial charge in [0.25, 0.3) is 0 Å². The maximum absolute atomic E-state index is 13.0. The van der Waals surface area contributed by atoms with Gasteiger partial charge in [0, 0.05) is 26.2 Å². The van der Waals surface area contributed by atoms with Crippen molar-refractivity contribution in [3.8, 4) is 0 Å². The highest BCUT2D eigenvalue weighted by Crippen LogP contribution is 2.27. The normalized spacial score (nSPS) is 16.9. The molecule has 1 fully saturated rings. The summed E-state index contributed by atoms with van der Waals surface area (Å²) in [7, 11) is 0. The fourth-order valence-electron chi connectivity index (χ4n) is 3.42. The second-order valence-corrected chi connectivity index (χ2v) is 6.67. The summed E-state index contributed by atoms with van der Waals surface area (Å²) in [5.41, 5.74) is 1.70. The maximum Gasteiger partial charge on any atom is 0.411 e. The molecule has 7 nitrogen and oxygen atoms in total. The zero-order valence-electron chi connectivity index (χ0n) is 15.5. The first-order chi connectivity index (χ1) is 13.6. The van der Waals surface area contributed by atoms with Crippen LogP contribution in [0.1, 0.15) is 23.7 Å². The SMILES string of the molecule is O=C(O)N1CCN(C(=O)OC(c2ccccc2)c2ccccc2)C(CCO)C1. The van der Waals surface area contributed by atoms with E-state index in [1.807, 2.05) is 60.7 Å². The zero-order chi connectivity index (χ0) is 19.9. The highest BCUT2D eigenvalue weighted by Gasteiger charge is 2.34. The standard InChI is InChI=1S/C21H24N2O5/c24-14-11-18-15-22(20(25)26)12-13-23(18)21(27)28-19(16-7-3-1-4-8-16)17-9-5-2-6-10-17/h1-10,18-19,24H,11-15H2,(H,25,26). The highest BCUT2D eigenvalue weighted by atomic mass is 16.6. The van der Waals surface area contributed by atoms with E-state index in [9.17, 15) is 19.8 Å². The Hall–Kier alpha value is -3.06. The average Bonchev–Trinajstić information content (AvgIpc) is 2.73. The van der Waals surface area contributed by atoms with E-state index in [1.54, 1.807) is 0 Å². The van der Waals surface area contributed by atoms with Gasteiger partial charge in [-0.15, -0.1) is 0 Å². The number of carboxylic acid groups (broad SMARTS) is 1. The number of aliphatic hydroxyl groups excluding tert-OH is 1. The van der Waals surface area contributed by atoms with E-state index in [2.05, 4.69) is 0 Å². The number of carbonyl (C=O) groups excluding carboxylic acids is 1. The molecule has 0 aromatic heterocycles. The van der Waals surface area contributed by atoms with E-state index in [4.69, 9.17) is 4.74 Å². The number of carbonyl (C=O) groups is 2. The van der Waals surface area contributed by atoms with Crippen molar-refractivity contribution in [1.29, 1.82) is 0 Å². The van der Waals surface area contributed by atoms with E-state index in [-0.39, 0.29) is 26.2 Å². The molecule has 2 aromatic rings. The number of aliphatic hydroxyl groups is 1. The number of amides is 2. The summed E-state index contributed by atoms with van der Waals surface area (Å²) in [6.07, 6.45) is -1.81. The maximum atomic E-state index is 13.0. The predicted molar refractivity (Wildman–Crippen MR) is 103 cm³/mol. The van der Waals surface area contributed by atoms with Crippen molar-refractivity contribution < 1.29 is 24.5 Å². The first-order valence-electron chi connectivity index (χ1n) is 9.26. The Morgan fingerprint density at radius 1 is 1.00 bits per heavy atom. The molecule has 1 heterocycles. The van der Waals surface area contributed by atoms with Crippen LogP contribution in [0.25, 0.3) is 0 Å². The molecule has 2 amide bonds. The van der Waals surface area contributed by atoms with Gasteiger partial charge in [-0.25, -0.2) is 9.59 Å². The van der Waals surface area contributed by atoms with E-state index in [0.29, 0.717) is 6.42 Å². The number of piperazine rings is 1. The topological polar surface area (TPSA) is 90.3 Å². The van der Waals surface area contributed by atoms with Crippen molar-refractivity contribution in [2.24, 2.45) is 0 Å². The fraction of sp³-hybridized carbons (Fsp3) is 0.333. The van der Waals surface area contributed by atoms with Gasteiger partial charge in [-0.05, 0) is 17.5 Å². The lowest BCUT2D eigenvalue weighted by molar-refractivity contribution is 0.0269. The third-order valence-electron chi connectivity index (χ3n) is 4.87. The van der Waals surface area contributed by atoms with Gasteiger partial charge in [0.05, 0.1) is 6.04 Å². The first-order valence-corrected chi connectivity index (χ1v) is 9.26. The molecule has 1 saturated heterocycles. The van der Waals surface area contributed by atoms with Gasteiger partial charge in [-0.1, -0.05) is 60.7 Å². The van der Waals surface area contributed by atoms with Crippen LogP contribution >= 0.6 is 0 Å². The van der Waals surface area contributed by atoms with E-state index in [0.717, 1.165) is 11.1 Å². The summed E-state index contributed by atoms with van der Waals surface area (Å²) in [5, 5.41) is 18.6. The van der Waals surface area contributed by atoms with Crippen LogP contribution in [0.2, 0.25) is 0 Å². The number of nitrogens with zero attached hydrogens (tertiary/aromatic N) is 2. The van der Waals surface area contributed by atoms with Crippen LogP contribution in [0.15, 0.2) is 60.7 Å². The van der Waals surface area contributed by atoms with Crippen LogP contribution in [-0.4, -0.2) is 64.5 Å². The third kappa shape index (κ3) is 4.61. The van der Waals surface area contributed by atoms with Crippen LogP contribution in [0.5, 0.6) is 0 Å². The van der Waals surface area contributed by atoms with Crippen molar-refractivity contribution in [3.05, 3.63) is 71.8 Å². The Morgan fingerprint density at radius 3 is 2.07 bits per heavy atom. The molecule has 3 rings (SSSR count). The summed E-state index contributed by atoms with van der Waals surface area (Å²) in [6, 6.07) is 18.5. The lowest BCUT2D eigenvalue weighted by Crippen LogP contribution is -2.56. The van der Waals surface area contributed by atoms with E-state index in [1.165, 1.54) is 9.80 Å². The number of rotatable bonds is 5. The zero-order valence-corrected chi connectivity index (χ0v) is 15.5. The Kier molecular flexibility index (Phi) is 6.49. The summed E-state index contributed by atoms with van der Waals surface area (Å²) < 4.78 is 5.87. The Labute approximate surface area is 163 Å². The van der Waals surface area contributed by atoms with Gasteiger partial charge in [0.15, 0.2) is 6.10 Å². The number of hydrogen-bond acceptors (Lipinski definition) is 4. The molecule has 1 atom stereocenters. The van der Waals surface area contributed by atoms with E-state index >= 15 is 0 Å². The highest BCUT2D eigenvalue weighted by molar-refractivity contribution is 5.70. The molecule has 1 aliphatic rings. The molecule has 2 N–H and O–H groups in total. The minimum absolute atomic E-state index is 0.136. The summed E-state index contributed by atoms with van der Waals surface area (Å²) in [5.74, 6) is 0. The lowest BCUT2D eigenvalue weighted by Gasteiger charge is -2.40. The smallest absolute Gasteiger partial charge is 0.411 e. The second kappa shape index (κ2) is 9.23. The van der Waals surface area contributed by atoms with Crippen LogP contribution in [0.3, 0.4) is 0 Å². The van der Waals surface area contributed by atoms with Gasteiger partial charge < -0.3 is 24.7 Å². The third-order valence-corrected chi connectivity index (χ3v) is 4.87. The molecule has 0 radical (unpaired) electrons. The minimum Gasteiger partial charge on any atom is -0.465 e. The van der Waals surface area contributed by atoms with Gasteiger partial charge in [-0.3, -0.25) is 0 Å². The molecule has 2 aromatic carbocycles. The molecule has 0 aliphatic carbocycles. The van der Waals surface area contributed by atoms with Crippen LogP contribution in [0, 0.1) is 0 Å². The lowest BCUT2D eigenvalue weighted by atomic mass is 10.0. The molecule has 28 heavy (non-hydrogen) atoms. The average molecular weight is 384 g/mol. The molecule has 0 bridgehead atoms. The predicted octanol–water partition coefficient (Wildman–Crippen LogP) is 2.96. The number of ether oxygens (including phenoxy) is 1. The van der Waals surface area contributed by atoms with Crippen molar-refractivity contribution >= 4 is 12.2 Å². The second-order valence-electron chi connectivity index (χ2n) is 6.67. The summed E-state index contributed by atoms with van der Waals surface area (Å²) in [4.78, 5) is 27.0. The Morgan fingerprint density at radius 2 is 1.57 bits per heavy atom. The summed E-state index contributed by atoms with van der Waals surface area (Å²) in [6.45, 7) is 0.467. The minimum atomic E-state index is -1.03. The molecule has 1 aliphatic heterocycles. The molecule has 0 spiro atoms. The van der Waals surface area contributed by atoms with Crippen molar-refractivity contribution in [1.82, 2.24) is 9.80 Å². The monoisotopic (exact) mass is 384 g/mol. The largest absolute Gasteiger partial charge is 0.465 e. The first kappa shape index (κ1) is 19.7. The number of benzene rings is 2.